The van der Waals surface area contributed by atoms with E-state index in [-0.39, 0.29) is 5.92 Å². The topological polar surface area (TPSA) is 49.3 Å². The van der Waals surface area contributed by atoms with Crippen molar-refractivity contribution in [1.82, 2.24) is 5.32 Å². The standard InChI is InChI=1S/C15H27NO2/c1-11(13-4-2-3-5-13)16-10-12-6-8-14(9-7-12)15(17)18/h11-14,16H,2-10H2,1H3,(H,17,18). The van der Waals surface area contributed by atoms with Crippen molar-refractivity contribution in [2.45, 2.75) is 64.3 Å². The Morgan fingerprint density at radius 2 is 1.78 bits per heavy atom. The monoisotopic (exact) mass is 253 g/mol. The molecule has 0 spiro atoms. The summed E-state index contributed by atoms with van der Waals surface area (Å²) >= 11 is 0. The van der Waals surface area contributed by atoms with Crippen LogP contribution >= 0.6 is 0 Å². The molecule has 3 nitrogen and oxygen atoms in total. The highest BCUT2D eigenvalue weighted by molar-refractivity contribution is 5.69. The molecule has 2 N–H and O–H groups in total. The average molecular weight is 253 g/mol. The van der Waals surface area contributed by atoms with Gasteiger partial charge in [0, 0.05) is 6.04 Å². The Labute approximate surface area is 110 Å². The molecule has 2 fully saturated rings. The van der Waals surface area contributed by atoms with Gasteiger partial charge in [-0.15, -0.1) is 0 Å². The number of carboxylic acid groups (broad SMARTS) is 1. The summed E-state index contributed by atoms with van der Waals surface area (Å²) in [6, 6.07) is 0.643. The van der Waals surface area contributed by atoms with Gasteiger partial charge in [0.25, 0.3) is 0 Å². The lowest BCUT2D eigenvalue weighted by Gasteiger charge is -2.29. The van der Waals surface area contributed by atoms with Crippen LogP contribution in [-0.4, -0.2) is 23.7 Å². The lowest BCUT2D eigenvalue weighted by Crippen LogP contribution is -2.37. The molecule has 104 valence electrons. The predicted octanol–water partition coefficient (Wildman–Crippen LogP) is 3.05. The molecule has 0 heterocycles. The molecule has 0 aliphatic heterocycles. The summed E-state index contributed by atoms with van der Waals surface area (Å²) in [6.07, 6.45) is 9.50. The minimum atomic E-state index is -0.597. The summed E-state index contributed by atoms with van der Waals surface area (Å²) < 4.78 is 0. The highest BCUT2D eigenvalue weighted by atomic mass is 16.4. The first-order valence-electron chi connectivity index (χ1n) is 7.63. The number of hydrogen-bond acceptors (Lipinski definition) is 2. The third kappa shape index (κ3) is 3.71. The molecular formula is C15H27NO2. The molecule has 0 saturated heterocycles. The number of aliphatic carboxylic acids is 1. The Morgan fingerprint density at radius 3 is 2.33 bits per heavy atom. The minimum Gasteiger partial charge on any atom is -0.481 e. The zero-order chi connectivity index (χ0) is 13.0. The van der Waals surface area contributed by atoms with Crippen molar-refractivity contribution in [3.8, 4) is 0 Å². The van der Waals surface area contributed by atoms with Crippen LogP contribution in [0, 0.1) is 17.8 Å². The van der Waals surface area contributed by atoms with E-state index in [1.54, 1.807) is 0 Å². The van der Waals surface area contributed by atoms with Gasteiger partial charge in [-0.2, -0.15) is 0 Å². The van der Waals surface area contributed by atoms with Crippen LogP contribution in [0.1, 0.15) is 58.3 Å². The fourth-order valence-corrected chi connectivity index (χ4v) is 3.59. The molecule has 0 aromatic heterocycles. The van der Waals surface area contributed by atoms with Gasteiger partial charge in [-0.25, -0.2) is 0 Å². The van der Waals surface area contributed by atoms with Crippen LogP contribution in [0.5, 0.6) is 0 Å². The number of carboxylic acids is 1. The summed E-state index contributed by atoms with van der Waals surface area (Å²) in [4.78, 5) is 10.9. The molecule has 1 unspecified atom stereocenters. The molecule has 2 rings (SSSR count). The molecule has 3 heteroatoms. The average Bonchev–Trinajstić information content (AvgIpc) is 2.90. The lowest BCUT2D eigenvalue weighted by atomic mass is 9.82. The molecule has 0 amide bonds. The molecule has 0 bridgehead atoms. The van der Waals surface area contributed by atoms with Crippen LogP contribution in [0.15, 0.2) is 0 Å². The van der Waals surface area contributed by atoms with Crippen LogP contribution in [0.2, 0.25) is 0 Å². The van der Waals surface area contributed by atoms with Gasteiger partial charge in [0.2, 0.25) is 0 Å². The van der Waals surface area contributed by atoms with Gasteiger partial charge < -0.3 is 10.4 Å². The van der Waals surface area contributed by atoms with Gasteiger partial charge in [-0.3, -0.25) is 4.79 Å². The molecule has 18 heavy (non-hydrogen) atoms. The van der Waals surface area contributed by atoms with Crippen molar-refractivity contribution < 1.29 is 9.90 Å². The van der Waals surface area contributed by atoms with Crippen LogP contribution in [0.4, 0.5) is 0 Å². The second-order valence-corrected chi connectivity index (χ2v) is 6.30. The normalized spacial score (nSPS) is 31.4. The maximum Gasteiger partial charge on any atom is 0.306 e. The van der Waals surface area contributed by atoms with E-state index in [9.17, 15) is 4.79 Å². The lowest BCUT2D eigenvalue weighted by molar-refractivity contribution is -0.143. The smallest absolute Gasteiger partial charge is 0.306 e. The van der Waals surface area contributed by atoms with Gasteiger partial charge in [0.05, 0.1) is 5.92 Å². The first kappa shape index (κ1) is 13.9. The third-order valence-electron chi connectivity index (χ3n) is 5.03. The van der Waals surface area contributed by atoms with E-state index < -0.39 is 5.97 Å². The first-order valence-corrected chi connectivity index (χ1v) is 7.63. The van der Waals surface area contributed by atoms with Gasteiger partial charge in [-0.05, 0) is 63.8 Å². The summed E-state index contributed by atoms with van der Waals surface area (Å²) in [5.41, 5.74) is 0. The molecule has 2 saturated carbocycles. The predicted molar refractivity (Wildman–Crippen MR) is 72.5 cm³/mol. The first-order chi connectivity index (χ1) is 8.66. The molecule has 0 aromatic carbocycles. The molecule has 0 aromatic rings. The summed E-state index contributed by atoms with van der Waals surface area (Å²) in [5.74, 6) is 0.902. The van der Waals surface area contributed by atoms with Gasteiger partial charge >= 0.3 is 5.97 Å². The van der Waals surface area contributed by atoms with Crippen molar-refractivity contribution in [2.24, 2.45) is 17.8 Å². The number of hydrogen-bond donors (Lipinski definition) is 2. The second-order valence-electron chi connectivity index (χ2n) is 6.30. The quantitative estimate of drug-likeness (QED) is 0.791. The second kappa shape index (κ2) is 6.55. The van der Waals surface area contributed by atoms with E-state index in [1.807, 2.05) is 0 Å². The molecule has 1 atom stereocenters. The van der Waals surface area contributed by atoms with E-state index in [2.05, 4.69) is 12.2 Å². The molecular weight excluding hydrogens is 226 g/mol. The van der Waals surface area contributed by atoms with E-state index in [1.165, 1.54) is 25.7 Å². The fourth-order valence-electron chi connectivity index (χ4n) is 3.59. The van der Waals surface area contributed by atoms with Crippen LogP contribution in [0.3, 0.4) is 0 Å². The molecule has 2 aliphatic rings. The highest BCUT2D eigenvalue weighted by Crippen LogP contribution is 2.30. The number of rotatable bonds is 5. The van der Waals surface area contributed by atoms with E-state index >= 15 is 0 Å². The van der Waals surface area contributed by atoms with Crippen molar-refractivity contribution in [1.29, 1.82) is 0 Å². The highest BCUT2D eigenvalue weighted by Gasteiger charge is 2.27. The Bertz CT molecular complexity index is 266. The van der Waals surface area contributed by atoms with Crippen LogP contribution in [-0.2, 0) is 4.79 Å². The van der Waals surface area contributed by atoms with Crippen LogP contribution < -0.4 is 5.32 Å². The maximum atomic E-state index is 10.9. The van der Waals surface area contributed by atoms with Gasteiger partial charge in [-0.1, -0.05) is 12.8 Å². The SMILES string of the molecule is CC(NCC1CCC(C(=O)O)CC1)C1CCCC1. The summed E-state index contributed by atoms with van der Waals surface area (Å²) in [6.45, 7) is 3.41. The Morgan fingerprint density at radius 1 is 1.17 bits per heavy atom. The van der Waals surface area contributed by atoms with Crippen LogP contribution in [0.25, 0.3) is 0 Å². The number of carbonyl (C=O) groups is 1. The zero-order valence-electron chi connectivity index (χ0n) is 11.5. The largest absolute Gasteiger partial charge is 0.481 e. The van der Waals surface area contributed by atoms with Gasteiger partial charge in [0.1, 0.15) is 0 Å². The Kier molecular flexibility index (Phi) is 5.04. The zero-order valence-corrected chi connectivity index (χ0v) is 11.5. The van der Waals surface area contributed by atoms with Crippen molar-refractivity contribution >= 4 is 5.97 Å². The summed E-state index contributed by atoms with van der Waals surface area (Å²) in [7, 11) is 0. The fraction of sp³-hybridized carbons (Fsp3) is 0.933. The van der Waals surface area contributed by atoms with E-state index in [4.69, 9.17) is 5.11 Å². The van der Waals surface area contributed by atoms with Crippen molar-refractivity contribution in [3.05, 3.63) is 0 Å². The summed E-state index contributed by atoms with van der Waals surface area (Å²) in [5, 5.41) is 12.7. The van der Waals surface area contributed by atoms with Crippen molar-refractivity contribution in [2.75, 3.05) is 6.54 Å². The van der Waals surface area contributed by atoms with E-state index in [0.29, 0.717) is 12.0 Å². The Balaban J connectivity index is 1.64. The third-order valence-corrected chi connectivity index (χ3v) is 5.03. The minimum absolute atomic E-state index is 0.0755. The Hall–Kier alpha value is -0.570. The molecule has 0 radical (unpaired) electrons. The van der Waals surface area contributed by atoms with Crippen molar-refractivity contribution in [3.63, 3.8) is 0 Å². The maximum absolute atomic E-state index is 10.9. The molecule has 2 aliphatic carbocycles. The van der Waals surface area contributed by atoms with E-state index in [0.717, 1.165) is 38.1 Å². The number of nitrogens with one attached hydrogen (secondary N) is 1. The van der Waals surface area contributed by atoms with Gasteiger partial charge in [0.15, 0.2) is 0 Å².